The van der Waals surface area contributed by atoms with Crippen LogP contribution >= 0.6 is 0 Å². The van der Waals surface area contributed by atoms with Crippen molar-refractivity contribution < 1.29 is 4.43 Å². The van der Waals surface area contributed by atoms with Crippen LogP contribution < -0.4 is 0 Å². The summed E-state index contributed by atoms with van der Waals surface area (Å²) in [6.07, 6.45) is 14.6. The molecule has 1 aromatic rings. The Hall–Kier alpha value is 0.186. The van der Waals surface area contributed by atoms with E-state index < -0.39 is 29.7 Å². The Morgan fingerprint density at radius 1 is 0.966 bits per heavy atom. The predicted molar refractivity (Wildman–Crippen MR) is 131 cm³/mol. The molecule has 0 saturated heterocycles. The Morgan fingerprint density at radius 3 is 1.86 bits per heavy atom. The number of aryl methyl sites for hydroxylation is 1. The molecule has 0 aliphatic carbocycles. The molecule has 2 radical (unpaired) electrons. The van der Waals surface area contributed by atoms with Crippen LogP contribution in [0.1, 0.15) is 111 Å². The Labute approximate surface area is 193 Å². The van der Waals surface area contributed by atoms with Gasteiger partial charge in [0.2, 0.25) is 0 Å². The van der Waals surface area contributed by atoms with Crippen molar-refractivity contribution in [3.8, 4) is 0 Å². The van der Waals surface area contributed by atoms with Gasteiger partial charge in [0.1, 0.15) is 0 Å². The van der Waals surface area contributed by atoms with E-state index in [-0.39, 0.29) is 5.04 Å². The standard InChI is InChI=1S/C13H27.C11H21N2OSi.Sn/c1-4-7-10-13(11-8-5-2)12-9-6-3;1-9-7-12-10(13-9)8-14-15(5,6)11(2,3)4;/h4-12H2,1-3H3;7H,8H2,1-6H3;/q;-1;+1. The summed E-state index contributed by atoms with van der Waals surface area (Å²) in [5.74, 6) is 1.20. The average Bonchev–Trinajstić information content (AvgIpc) is 2.99. The maximum atomic E-state index is 6.57. The van der Waals surface area contributed by atoms with Crippen molar-refractivity contribution in [1.29, 1.82) is 0 Å². The maximum absolute atomic E-state index is 6.57. The first-order chi connectivity index (χ1) is 13.5. The third-order valence-electron chi connectivity index (χ3n) is 6.65. The first-order valence-electron chi connectivity index (χ1n) is 12.0. The molecule has 0 saturated carbocycles. The predicted octanol–water partition coefficient (Wildman–Crippen LogP) is 7.91. The molecular formula is C24H48N2OSiSn. The van der Waals surface area contributed by atoms with E-state index >= 15 is 0 Å². The number of unbranched alkanes of at least 4 members (excludes halogenated alkanes) is 3. The molecule has 29 heavy (non-hydrogen) atoms. The number of rotatable bonds is 14. The summed E-state index contributed by atoms with van der Waals surface area (Å²) in [7, 11) is -1.76. The van der Waals surface area contributed by atoms with Crippen LogP contribution in [0, 0.1) is 6.92 Å². The summed E-state index contributed by atoms with van der Waals surface area (Å²) < 4.78 is 9.77. The fourth-order valence-electron chi connectivity index (χ4n) is 3.55. The van der Waals surface area contributed by atoms with Crippen molar-refractivity contribution in [1.82, 2.24) is 7.77 Å². The second-order valence-corrected chi connectivity index (χ2v) is 20.3. The SMILES string of the molecule is CCCC[C](CCCC)(CCCC)[Sn][n]1cc(C)nc1CO[Si](C)(C)C(C)(C)C. The Kier molecular flexibility index (Phi) is 11.5. The Bertz CT molecular complexity index is 570. The van der Waals surface area contributed by atoms with Gasteiger partial charge in [0.15, 0.2) is 0 Å². The van der Waals surface area contributed by atoms with Gasteiger partial charge < -0.3 is 0 Å². The molecule has 0 aliphatic rings. The molecule has 0 fully saturated rings. The van der Waals surface area contributed by atoms with Gasteiger partial charge in [0.05, 0.1) is 0 Å². The molecule has 0 aliphatic heterocycles. The topological polar surface area (TPSA) is 27.1 Å². The average molecular weight is 527 g/mol. The van der Waals surface area contributed by atoms with Gasteiger partial charge in [-0.2, -0.15) is 0 Å². The van der Waals surface area contributed by atoms with E-state index in [2.05, 4.69) is 70.5 Å². The van der Waals surface area contributed by atoms with Crippen LogP contribution in [0.25, 0.3) is 0 Å². The van der Waals surface area contributed by atoms with Gasteiger partial charge in [-0.25, -0.2) is 0 Å². The number of imidazole rings is 1. The molecule has 3 nitrogen and oxygen atoms in total. The van der Waals surface area contributed by atoms with E-state index in [1.54, 1.807) is 0 Å². The van der Waals surface area contributed by atoms with Gasteiger partial charge in [-0.05, 0) is 0 Å². The van der Waals surface area contributed by atoms with Gasteiger partial charge >= 0.3 is 194 Å². The number of aromatic nitrogens is 2. The summed E-state index contributed by atoms with van der Waals surface area (Å²) >= 11 is -0.837. The molecule has 1 heterocycles. The monoisotopic (exact) mass is 528 g/mol. The van der Waals surface area contributed by atoms with Crippen molar-refractivity contribution in [2.75, 3.05) is 0 Å². The van der Waals surface area contributed by atoms with E-state index in [1.807, 2.05) is 0 Å². The molecule has 5 heteroatoms. The number of nitrogens with zero attached hydrogens (tertiary/aromatic N) is 2. The molecule has 1 aromatic heterocycles. The van der Waals surface area contributed by atoms with Gasteiger partial charge in [0.25, 0.3) is 0 Å². The van der Waals surface area contributed by atoms with Crippen LogP contribution in [0.5, 0.6) is 0 Å². The fraction of sp³-hybridized carbons (Fsp3) is 0.875. The van der Waals surface area contributed by atoms with Crippen molar-refractivity contribution in [3.63, 3.8) is 0 Å². The van der Waals surface area contributed by atoms with Crippen LogP contribution in [-0.4, -0.2) is 37.5 Å². The third kappa shape index (κ3) is 8.68. The zero-order valence-corrected chi connectivity index (χ0v) is 24.8. The normalized spacial score (nSPS) is 13.3. The molecule has 0 atom stereocenters. The molecular weight excluding hydrogens is 479 g/mol. The second-order valence-electron chi connectivity index (χ2n) is 10.4. The van der Waals surface area contributed by atoms with E-state index in [0.717, 1.165) is 5.69 Å². The number of hydrogen-bond acceptors (Lipinski definition) is 2. The molecule has 1 rings (SSSR count). The molecule has 0 spiro atoms. The third-order valence-corrected chi connectivity index (χ3v) is 16.4. The zero-order valence-electron chi connectivity index (χ0n) is 21.0. The van der Waals surface area contributed by atoms with Crippen LogP contribution in [0.2, 0.25) is 21.6 Å². The van der Waals surface area contributed by atoms with Crippen molar-refractivity contribution >= 4 is 29.7 Å². The summed E-state index contributed by atoms with van der Waals surface area (Å²) in [4.78, 5) is 4.92. The Morgan fingerprint density at radius 2 is 1.45 bits per heavy atom. The van der Waals surface area contributed by atoms with Crippen molar-refractivity contribution in [3.05, 3.63) is 17.7 Å². The van der Waals surface area contributed by atoms with Gasteiger partial charge in [-0.3, -0.25) is 0 Å². The second kappa shape index (κ2) is 12.3. The molecule has 0 amide bonds. The van der Waals surface area contributed by atoms with E-state index in [4.69, 9.17) is 9.41 Å². The summed E-state index contributed by atoms with van der Waals surface area (Å²) in [5, 5.41) is 0.243. The summed E-state index contributed by atoms with van der Waals surface area (Å²) in [6.45, 7) is 21.5. The van der Waals surface area contributed by atoms with Gasteiger partial charge in [-0.1, -0.05) is 0 Å². The summed E-state index contributed by atoms with van der Waals surface area (Å²) in [5.41, 5.74) is 1.16. The summed E-state index contributed by atoms with van der Waals surface area (Å²) in [6, 6.07) is 0. The van der Waals surface area contributed by atoms with E-state index in [9.17, 15) is 0 Å². The quantitative estimate of drug-likeness (QED) is 0.230. The van der Waals surface area contributed by atoms with E-state index in [0.29, 0.717) is 10.0 Å². The van der Waals surface area contributed by atoms with Crippen LogP contribution in [0.3, 0.4) is 0 Å². The molecule has 0 bridgehead atoms. The minimum atomic E-state index is -1.76. The zero-order chi connectivity index (χ0) is 22.1. The molecule has 168 valence electrons. The van der Waals surface area contributed by atoms with Crippen LogP contribution in [0.4, 0.5) is 0 Å². The van der Waals surface area contributed by atoms with Crippen LogP contribution in [-0.2, 0) is 11.0 Å². The van der Waals surface area contributed by atoms with Crippen molar-refractivity contribution in [2.24, 2.45) is 0 Å². The fourth-order valence-corrected chi connectivity index (χ4v) is 9.82. The molecule has 0 unspecified atom stereocenters. The molecule has 0 N–H and O–H groups in total. The first kappa shape index (κ1) is 27.2. The molecule has 0 aromatic carbocycles. The first-order valence-corrected chi connectivity index (χ1v) is 17.6. The Balaban J connectivity index is 3.08. The minimum absolute atomic E-state index is 0.243. The van der Waals surface area contributed by atoms with Crippen molar-refractivity contribution in [2.45, 2.75) is 134 Å². The van der Waals surface area contributed by atoms with Crippen LogP contribution in [0.15, 0.2) is 6.20 Å². The van der Waals surface area contributed by atoms with E-state index in [1.165, 1.54) is 63.6 Å². The van der Waals surface area contributed by atoms with Gasteiger partial charge in [0, 0.05) is 0 Å². The van der Waals surface area contributed by atoms with Gasteiger partial charge in [-0.15, -0.1) is 0 Å². The number of hydrogen-bond donors (Lipinski definition) is 0.